The SMILES string of the molecule is O=C(Oc1ccc([C@H]2Nc3ccccc3S(=O)(=O)N2Cc2ccccc2)cc1)c1ccccc1. The van der Waals surface area contributed by atoms with Crippen molar-refractivity contribution in [1.82, 2.24) is 4.31 Å². The van der Waals surface area contributed by atoms with Crippen molar-refractivity contribution in [3.05, 3.63) is 126 Å². The van der Waals surface area contributed by atoms with Gasteiger partial charge in [0.05, 0.1) is 11.3 Å². The Labute approximate surface area is 198 Å². The van der Waals surface area contributed by atoms with Crippen molar-refractivity contribution in [2.45, 2.75) is 17.6 Å². The summed E-state index contributed by atoms with van der Waals surface area (Å²) < 4.78 is 34.1. The number of carbonyl (C=O) groups excluding carboxylic acids is 1. The van der Waals surface area contributed by atoms with Crippen molar-refractivity contribution in [3.8, 4) is 5.75 Å². The van der Waals surface area contributed by atoms with Crippen LogP contribution in [0.25, 0.3) is 0 Å². The molecule has 7 heteroatoms. The molecule has 0 radical (unpaired) electrons. The molecule has 1 atom stereocenters. The number of fused-ring (bicyclic) bond motifs is 1. The second kappa shape index (κ2) is 9.13. The molecule has 0 saturated carbocycles. The van der Waals surface area contributed by atoms with E-state index >= 15 is 0 Å². The Hall–Kier alpha value is -3.94. The predicted octanol–water partition coefficient (Wildman–Crippen LogP) is 5.22. The lowest BCUT2D eigenvalue weighted by atomic mass is 10.1. The monoisotopic (exact) mass is 470 g/mol. The van der Waals surface area contributed by atoms with Gasteiger partial charge in [0, 0.05) is 6.54 Å². The van der Waals surface area contributed by atoms with Gasteiger partial charge in [-0.05, 0) is 47.5 Å². The first-order valence-electron chi connectivity index (χ1n) is 10.8. The normalized spacial score (nSPS) is 16.8. The predicted molar refractivity (Wildman–Crippen MR) is 130 cm³/mol. The largest absolute Gasteiger partial charge is 0.423 e. The molecule has 1 heterocycles. The molecular weight excluding hydrogens is 448 g/mol. The standard InChI is InChI=1S/C27H22N2O4S/c30-27(22-11-5-2-6-12-22)33-23-17-15-21(16-18-23)26-28-24-13-7-8-14-25(24)34(31,32)29(26)19-20-9-3-1-4-10-20/h1-18,26,28H,19H2/t26-/m0/s1. The Balaban J connectivity index is 1.46. The first-order chi connectivity index (χ1) is 16.5. The van der Waals surface area contributed by atoms with Crippen LogP contribution in [0.2, 0.25) is 0 Å². The Morgan fingerprint density at radius 3 is 2.12 bits per heavy atom. The van der Waals surface area contributed by atoms with Crippen molar-refractivity contribution < 1.29 is 17.9 Å². The van der Waals surface area contributed by atoms with E-state index < -0.39 is 22.2 Å². The van der Waals surface area contributed by atoms with Gasteiger partial charge in [-0.25, -0.2) is 13.2 Å². The highest BCUT2D eigenvalue weighted by molar-refractivity contribution is 7.89. The fourth-order valence-electron chi connectivity index (χ4n) is 3.94. The third-order valence-corrected chi connectivity index (χ3v) is 7.52. The molecule has 6 nitrogen and oxygen atoms in total. The topological polar surface area (TPSA) is 75.7 Å². The molecule has 0 spiro atoms. The van der Waals surface area contributed by atoms with E-state index in [4.69, 9.17) is 4.74 Å². The van der Waals surface area contributed by atoms with Crippen LogP contribution >= 0.6 is 0 Å². The Kier molecular flexibility index (Phi) is 5.88. The summed E-state index contributed by atoms with van der Waals surface area (Å²) in [5.41, 5.74) is 2.62. The highest BCUT2D eigenvalue weighted by Gasteiger charge is 2.38. The molecule has 0 bridgehead atoms. The van der Waals surface area contributed by atoms with Crippen molar-refractivity contribution in [3.63, 3.8) is 0 Å². The van der Waals surface area contributed by atoms with E-state index in [1.807, 2.05) is 36.4 Å². The minimum atomic E-state index is -3.76. The average molecular weight is 471 g/mol. The van der Waals surface area contributed by atoms with Crippen LogP contribution in [0, 0.1) is 0 Å². The van der Waals surface area contributed by atoms with Crippen molar-refractivity contribution in [2.75, 3.05) is 5.32 Å². The molecule has 0 aromatic heterocycles. The van der Waals surface area contributed by atoms with E-state index in [1.165, 1.54) is 4.31 Å². The lowest BCUT2D eigenvalue weighted by molar-refractivity contribution is 0.0734. The van der Waals surface area contributed by atoms with E-state index in [0.29, 0.717) is 17.0 Å². The van der Waals surface area contributed by atoms with Gasteiger partial charge in [0.15, 0.2) is 0 Å². The number of sulfonamides is 1. The van der Waals surface area contributed by atoms with Crippen molar-refractivity contribution in [2.24, 2.45) is 0 Å². The summed E-state index contributed by atoms with van der Waals surface area (Å²) in [6.07, 6.45) is -0.626. The van der Waals surface area contributed by atoms with E-state index in [2.05, 4.69) is 5.32 Å². The summed E-state index contributed by atoms with van der Waals surface area (Å²) in [6.45, 7) is 0.208. The van der Waals surface area contributed by atoms with Crippen LogP contribution in [0.3, 0.4) is 0 Å². The molecule has 0 amide bonds. The maximum Gasteiger partial charge on any atom is 0.343 e. The number of esters is 1. The number of hydrogen-bond acceptors (Lipinski definition) is 5. The fraction of sp³-hybridized carbons (Fsp3) is 0.0741. The van der Waals surface area contributed by atoms with E-state index in [1.54, 1.807) is 72.8 Å². The van der Waals surface area contributed by atoms with Crippen molar-refractivity contribution in [1.29, 1.82) is 0 Å². The van der Waals surface area contributed by atoms with Crippen LogP contribution in [-0.4, -0.2) is 18.7 Å². The molecule has 4 aromatic rings. The average Bonchev–Trinajstić information content (AvgIpc) is 2.87. The zero-order valence-corrected chi connectivity index (χ0v) is 19.0. The Morgan fingerprint density at radius 2 is 1.41 bits per heavy atom. The van der Waals surface area contributed by atoms with Crippen LogP contribution in [0.1, 0.15) is 27.7 Å². The number of anilines is 1. The summed E-state index contributed by atoms with van der Waals surface area (Å²) in [7, 11) is -3.76. The number of carbonyl (C=O) groups is 1. The number of benzene rings is 4. The lowest BCUT2D eigenvalue weighted by Crippen LogP contribution is -2.42. The molecule has 0 unspecified atom stereocenters. The zero-order chi connectivity index (χ0) is 23.5. The highest BCUT2D eigenvalue weighted by Crippen LogP contribution is 2.39. The zero-order valence-electron chi connectivity index (χ0n) is 18.2. The van der Waals surface area contributed by atoms with Crippen molar-refractivity contribution >= 4 is 21.7 Å². The molecular formula is C27H22N2O4S. The number of nitrogens with one attached hydrogen (secondary N) is 1. The van der Waals surface area contributed by atoms with Crippen LogP contribution in [0.5, 0.6) is 5.75 Å². The molecule has 0 fully saturated rings. The lowest BCUT2D eigenvalue weighted by Gasteiger charge is -2.37. The first-order valence-corrected chi connectivity index (χ1v) is 12.2. The van der Waals surface area contributed by atoms with Gasteiger partial charge in [-0.1, -0.05) is 72.8 Å². The fourth-order valence-corrected chi connectivity index (χ4v) is 5.62. The highest BCUT2D eigenvalue weighted by atomic mass is 32.2. The molecule has 0 saturated heterocycles. The maximum absolute atomic E-state index is 13.6. The molecule has 34 heavy (non-hydrogen) atoms. The summed E-state index contributed by atoms with van der Waals surface area (Å²) >= 11 is 0. The number of rotatable bonds is 5. The van der Waals surface area contributed by atoms with E-state index in [9.17, 15) is 13.2 Å². The second-order valence-electron chi connectivity index (χ2n) is 7.90. The quantitative estimate of drug-likeness (QED) is 0.320. The minimum Gasteiger partial charge on any atom is -0.423 e. The van der Waals surface area contributed by atoms with Gasteiger partial charge in [0.1, 0.15) is 16.8 Å². The summed E-state index contributed by atoms with van der Waals surface area (Å²) in [4.78, 5) is 12.6. The van der Waals surface area contributed by atoms with Gasteiger partial charge in [0.2, 0.25) is 10.0 Å². The van der Waals surface area contributed by atoms with Crippen LogP contribution < -0.4 is 10.1 Å². The van der Waals surface area contributed by atoms with Gasteiger partial charge >= 0.3 is 5.97 Å². The number of para-hydroxylation sites is 1. The third kappa shape index (κ3) is 4.31. The number of nitrogens with zero attached hydrogens (tertiary/aromatic N) is 1. The molecule has 1 aliphatic rings. The molecule has 0 aliphatic carbocycles. The minimum absolute atomic E-state index is 0.208. The van der Waals surface area contributed by atoms with Gasteiger partial charge in [0.25, 0.3) is 0 Å². The second-order valence-corrected chi connectivity index (χ2v) is 9.76. The van der Waals surface area contributed by atoms with E-state index in [0.717, 1.165) is 11.1 Å². The molecule has 5 rings (SSSR count). The molecule has 1 aliphatic heterocycles. The third-order valence-electron chi connectivity index (χ3n) is 5.65. The van der Waals surface area contributed by atoms with Gasteiger partial charge in [-0.2, -0.15) is 4.31 Å². The Morgan fingerprint density at radius 1 is 0.794 bits per heavy atom. The summed E-state index contributed by atoms with van der Waals surface area (Å²) in [6, 6.07) is 32.0. The first kappa shape index (κ1) is 21.9. The van der Waals surface area contributed by atoms with Gasteiger partial charge < -0.3 is 10.1 Å². The van der Waals surface area contributed by atoms with Crippen LogP contribution in [0.15, 0.2) is 114 Å². The number of hydrogen-bond donors (Lipinski definition) is 1. The van der Waals surface area contributed by atoms with E-state index in [-0.39, 0.29) is 11.4 Å². The van der Waals surface area contributed by atoms with Crippen LogP contribution in [0.4, 0.5) is 5.69 Å². The molecule has 1 N–H and O–H groups in total. The molecule has 170 valence electrons. The summed E-state index contributed by atoms with van der Waals surface area (Å²) in [5, 5.41) is 3.36. The number of ether oxygens (including phenoxy) is 1. The van der Waals surface area contributed by atoms with Gasteiger partial charge in [-0.3, -0.25) is 0 Å². The van der Waals surface area contributed by atoms with Crippen LogP contribution in [-0.2, 0) is 16.6 Å². The van der Waals surface area contributed by atoms with Gasteiger partial charge in [-0.15, -0.1) is 0 Å². The Bertz CT molecular complexity index is 1410. The maximum atomic E-state index is 13.6. The molecule has 4 aromatic carbocycles. The summed E-state index contributed by atoms with van der Waals surface area (Å²) in [5.74, 6) is -0.0716. The smallest absolute Gasteiger partial charge is 0.343 e.